The molecule has 0 radical (unpaired) electrons. The second kappa shape index (κ2) is 3.19. The van der Waals surface area contributed by atoms with Crippen LogP contribution in [0.5, 0.6) is 0 Å². The van der Waals surface area contributed by atoms with E-state index in [0.717, 1.165) is 9.97 Å². The van der Waals surface area contributed by atoms with E-state index in [2.05, 4.69) is 41.5 Å². The summed E-state index contributed by atoms with van der Waals surface area (Å²) >= 11 is 2.52. The summed E-state index contributed by atoms with van der Waals surface area (Å²) in [7, 11) is 2.23. The number of likely N-dealkylation sites (tertiary alicyclic amines) is 1. The van der Waals surface area contributed by atoms with Crippen LogP contribution in [0.2, 0.25) is 0 Å². The Labute approximate surface area is 70.9 Å². The number of nitrogens with zero attached hydrogens (tertiary/aromatic N) is 1. The Bertz CT molecular complexity index is 92.9. The van der Waals surface area contributed by atoms with Gasteiger partial charge in [-0.2, -0.15) is 0 Å². The predicted molar refractivity (Wildman–Crippen MR) is 49.1 cm³/mol. The van der Waals surface area contributed by atoms with Gasteiger partial charge in [-0.25, -0.2) is 0 Å². The summed E-state index contributed by atoms with van der Waals surface area (Å²) in [4.78, 5) is 2.47. The number of hydrogen-bond acceptors (Lipinski definition) is 1. The molecule has 2 atom stereocenters. The number of halogens is 1. The Kier molecular flexibility index (Phi) is 2.76. The summed E-state index contributed by atoms with van der Waals surface area (Å²) in [6.45, 7) is 3.60. The molecule has 1 fully saturated rings. The fourth-order valence-corrected chi connectivity index (χ4v) is 2.42. The lowest BCUT2D eigenvalue weighted by Crippen LogP contribution is -2.30. The van der Waals surface area contributed by atoms with E-state index in [1.165, 1.54) is 19.4 Å². The molecule has 0 bridgehead atoms. The summed E-state index contributed by atoms with van der Waals surface area (Å²) < 4.78 is 0.815. The highest BCUT2D eigenvalue weighted by molar-refractivity contribution is 14.1. The van der Waals surface area contributed by atoms with E-state index in [9.17, 15) is 0 Å². The van der Waals surface area contributed by atoms with Crippen molar-refractivity contribution in [2.75, 3.05) is 13.6 Å². The first-order valence-corrected chi connectivity index (χ1v) is 4.80. The number of rotatable bonds is 1. The molecule has 0 unspecified atom stereocenters. The highest BCUT2D eigenvalue weighted by Crippen LogP contribution is 2.22. The van der Waals surface area contributed by atoms with Crippen LogP contribution in [-0.2, 0) is 0 Å². The minimum atomic E-state index is 0.815. The third-order valence-electron chi connectivity index (χ3n) is 2.11. The first kappa shape index (κ1) is 7.79. The molecule has 0 aliphatic carbocycles. The fraction of sp³-hybridized carbons (Fsp3) is 1.00. The van der Waals surface area contributed by atoms with E-state index < -0.39 is 0 Å². The molecule has 9 heavy (non-hydrogen) atoms. The molecule has 0 aromatic heterocycles. The first-order valence-electron chi connectivity index (χ1n) is 3.56. The topological polar surface area (TPSA) is 3.24 Å². The van der Waals surface area contributed by atoms with Crippen molar-refractivity contribution < 1.29 is 0 Å². The Morgan fingerprint density at radius 2 is 2.33 bits per heavy atom. The van der Waals surface area contributed by atoms with E-state index in [0.29, 0.717) is 0 Å². The zero-order chi connectivity index (χ0) is 6.85. The van der Waals surface area contributed by atoms with Crippen LogP contribution in [0.4, 0.5) is 0 Å². The van der Waals surface area contributed by atoms with Gasteiger partial charge in [-0.3, -0.25) is 0 Å². The van der Waals surface area contributed by atoms with Crippen LogP contribution in [0.15, 0.2) is 0 Å². The van der Waals surface area contributed by atoms with Gasteiger partial charge in [0.2, 0.25) is 0 Å². The minimum Gasteiger partial charge on any atom is -0.302 e. The van der Waals surface area contributed by atoms with Crippen molar-refractivity contribution in [2.24, 2.45) is 0 Å². The minimum absolute atomic E-state index is 0.815. The van der Waals surface area contributed by atoms with Crippen LogP contribution < -0.4 is 0 Å². The van der Waals surface area contributed by atoms with Crippen LogP contribution in [0.3, 0.4) is 0 Å². The van der Waals surface area contributed by atoms with Gasteiger partial charge in [-0.1, -0.05) is 29.5 Å². The molecule has 1 nitrogen and oxygen atoms in total. The molecule has 0 spiro atoms. The van der Waals surface area contributed by atoms with E-state index in [-0.39, 0.29) is 0 Å². The number of hydrogen-bond donors (Lipinski definition) is 0. The smallest absolute Gasteiger partial charge is 0.0237 e. The van der Waals surface area contributed by atoms with Crippen molar-refractivity contribution in [3.63, 3.8) is 0 Å². The molecule has 1 saturated heterocycles. The largest absolute Gasteiger partial charge is 0.302 e. The van der Waals surface area contributed by atoms with Gasteiger partial charge in [0.25, 0.3) is 0 Å². The van der Waals surface area contributed by atoms with Crippen molar-refractivity contribution in [1.82, 2.24) is 4.90 Å². The first-order chi connectivity index (χ1) is 4.22. The Morgan fingerprint density at radius 1 is 1.67 bits per heavy atom. The lowest BCUT2D eigenvalue weighted by Gasteiger charge is -2.21. The fourth-order valence-electron chi connectivity index (χ4n) is 1.52. The van der Waals surface area contributed by atoms with Gasteiger partial charge in [0.15, 0.2) is 0 Å². The van der Waals surface area contributed by atoms with Crippen LogP contribution >= 0.6 is 22.6 Å². The molecule has 0 N–H and O–H groups in total. The second-order valence-electron chi connectivity index (χ2n) is 2.87. The van der Waals surface area contributed by atoms with Gasteiger partial charge in [-0.15, -0.1) is 0 Å². The molecule has 2 heteroatoms. The summed E-state index contributed by atoms with van der Waals surface area (Å²) in [5, 5.41) is 0. The quantitative estimate of drug-likeness (QED) is 0.499. The highest BCUT2D eigenvalue weighted by atomic mass is 127. The molecular formula is C7H14IN. The maximum Gasteiger partial charge on any atom is 0.0237 e. The average Bonchev–Trinajstić information content (AvgIpc) is 2.13. The molecule has 0 amide bonds. The molecule has 1 heterocycles. The van der Waals surface area contributed by atoms with Crippen molar-refractivity contribution in [2.45, 2.75) is 29.7 Å². The molecule has 1 aliphatic heterocycles. The van der Waals surface area contributed by atoms with E-state index in [4.69, 9.17) is 0 Å². The third-order valence-corrected chi connectivity index (χ3v) is 2.94. The van der Waals surface area contributed by atoms with Crippen LogP contribution in [0.25, 0.3) is 0 Å². The monoisotopic (exact) mass is 239 g/mol. The van der Waals surface area contributed by atoms with Crippen molar-refractivity contribution in [1.29, 1.82) is 0 Å². The Hall–Kier alpha value is 0.690. The van der Waals surface area contributed by atoms with E-state index in [1.807, 2.05) is 0 Å². The highest BCUT2D eigenvalue weighted by Gasteiger charge is 2.23. The third kappa shape index (κ3) is 1.80. The maximum absolute atomic E-state index is 2.52. The lowest BCUT2D eigenvalue weighted by atomic mass is 10.2. The van der Waals surface area contributed by atoms with Gasteiger partial charge in [0, 0.05) is 9.97 Å². The normalized spacial score (nSPS) is 33.0. The van der Waals surface area contributed by atoms with E-state index >= 15 is 0 Å². The SMILES string of the molecule is C[C@@H](I)[C@H]1CCCN1C. The van der Waals surface area contributed by atoms with Gasteiger partial charge in [0.05, 0.1) is 0 Å². The Morgan fingerprint density at radius 3 is 2.56 bits per heavy atom. The van der Waals surface area contributed by atoms with Crippen molar-refractivity contribution in [3.05, 3.63) is 0 Å². The molecule has 1 rings (SSSR count). The predicted octanol–water partition coefficient (Wildman–Crippen LogP) is 1.90. The summed E-state index contributed by atoms with van der Waals surface area (Å²) in [6.07, 6.45) is 2.80. The summed E-state index contributed by atoms with van der Waals surface area (Å²) in [5.41, 5.74) is 0. The Balaban J connectivity index is 2.40. The van der Waals surface area contributed by atoms with Crippen LogP contribution in [0.1, 0.15) is 19.8 Å². The molecule has 54 valence electrons. The molecule has 1 aliphatic rings. The zero-order valence-corrected chi connectivity index (χ0v) is 8.26. The van der Waals surface area contributed by atoms with Gasteiger partial charge in [0.1, 0.15) is 0 Å². The zero-order valence-electron chi connectivity index (χ0n) is 6.10. The second-order valence-corrected chi connectivity index (χ2v) is 4.83. The van der Waals surface area contributed by atoms with Gasteiger partial charge >= 0.3 is 0 Å². The molecule has 0 saturated carbocycles. The molecule has 0 aromatic carbocycles. The molecule has 0 aromatic rings. The molecular weight excluding hydrogens is 225 g/mol. The lowest BCUT2D eigenvalue weighted by molar-refractivity contribution is 0.314. The van der Waals surface area contributed by atoms with Crippen LogP contribution in [0, 0.1) is 0 Å². The standard InChI is InChI=1S/C7H14IN/c1-6(8)7-4-3-5-9(7)2/h6-7H,3-5H2,1-2H3/t6-,7-/m1/s1. The van der Waals surface area contributed by atoms with Crippen molar-refractivity contribution >= 4 is 22.6 Å². The summed E-state index contributed by atoms with van der Waals surface area (Å²) in [5.74, 6) is 0. The number of alkyl halides is 1. The van der Waals surface area contributed by atoms with E-state index in [1.54, 1.807) is 0 Å². The van der Waals surface area contributed by atoms with Gasteiger partial charge in [-0.05, 0) is 26.4 Å². The van der Waals surface area contributed by atoms with Gasteiger partial charge < -0.3 is 4.90 Å². The van der Waals surface area contributed by atoms with Crippen LogP contribution in [-0.4, -0.2) is 28.5 Å². The summed E-state index contributed by atoms with van der Waals surface area (Å²) in [6, 6.07) is 0.852. The maximum atomic E-state index is 2.52. The average molecular weight is 239 g/mol. The van der Waals surface area contributed by atoms with Crippen molar-refractivity contribution in [3.8, 4) is 0 Å².